The largest absolute Gasteiger partial charge is 0.456 e. The molecule has 1 amide bonds. The van der Waals surface area contributed by atoms with Crippen LogP contribution in [0.5, 0.6) is 0 Å². The van der Waals surface area contributed by atoms with Crippen molar-refractivity contribution in [1.29, 1.82) is 0 Å². The van der Waals surface area contributed by atoms with E-state index in [2.05, 4.69) is 10.3 Å². The van der Waals surface area contributed by atoms with Crippen LogP contribution in [0.3, 0.4) is 0 Å². The molecule has 0 aliphatic carbocycles. The van der Waals surface area contributed by atoms with E-state index in [1.807, 2.05) is 74.5 Å². The van der Waals surface area contributed by atoms with Crippen molar-refractivity contribution in [2.24, 2.45) is 0 Å². The lowest BCUT2D eigenvalue weighted by Crippen LogP contribution is -2.30. The van der Waals surface area contributed by atoms with Gasteiger partial charge in [0.05, 0.1) is 0 Å². The highest BCUT2D eigenvalue weighted by molar-refractivity contribution is 6.31. The van der Waals surface area contributed by atoms with Crippen LogP contribution in [0.25, 0.3) is 22.3 Å². The highest BCUT2D eigenvalue weighted by Crippen LogP contribution is 2.33. The summed E-state index contributed by atoms with van der Waals surface area (Å²) in [5.41, 5.74) is 3.91. The number of furan rings is 1. The molecular weight excluding hydrogens is 384 g/mol. The molecule has 0 saturated carbocycles. The lowest BCUT2D eigenvalue weighted by molar-refractivity contribution is 0.0938. The highest BCUT2D eigenvalue weighted by Gasteiger charge is 2.14. The smallest absolute Gasteiger partial charge is 0.270 e. The molecule has 0 atom stereocenters. The fourth-order valence-electron chi connectivity index (χ4n) is 3.30. The monoisotopic (exact) mass is 404 g/mol. The van der Waals surface area contributed by atoms with Crippen molar-refractivity contribution in [3.63, 3.8) is 0 Å². The predicted molar refractivity (Wildman–Crippen MR) is 116 cm³/mol. The molecule has 29 heavy (non-hydrogen) atoms. The van der Waals surface area contributed by atoms with Crippen molar-refractivity contribution in [2.45, 2.75) is 26.3 Å². The number of pyridine rings is 1. The Morgan fingerprint density at radius 3 is 2.62 bits per heavy atom. The van der Waals surface area contributed by atoms with Gasteiger partial charge in [0.2, 0.25) is 0 Å². The first kappa shape index (κ1) is 19.2. The summed E-state index contributed by atoms with van der Waals surface area (Å²) < 4.78 is 6.18. The summed E-state index contributed by atoms with van der Waals surface area (Å²) in [5.74, 6) is 0.615. The summed E-state index contributed by atoms with van der Waals surface area (Å²) in [5, 5.41) is 4.45. The Morgan fingerprint density at radius 2 is 1.86 bits per heavy atom. The lowest BCUT2D eigenvalue weighted by Gasteiger charge is -2.09. The summed E-state index contributed by atoms with van der Waals surface area (Å²) in [7, 11) is 0. The number of hydrogen-bond donors (Lipinski definition) is 1. The van der Waals surface area contributed by atoms with Crippen LogP contribution >= 0.6 is 11.6 Å². The molecule has 4 aromatic rings. The predicted octanol–water partition coefficient (Wildman–Crippen LogP) is 5.88. The van der Waals surface area contributed by atoms with Crippen molar-refractivity contribution in [3.8, 4) is 11.3 Å². The van der Waals surface area contributed by atoms with Gasteiger partial charge in [-0.3, -0.25) is 4.79 Å². The van der Waals surface area contributed by atoms with Crippen LogP contribution in [0.4, 0.5) is 0 Å². The molecule has 2 heterocycles. The Morgan fingerprint density at radius 1 is 1.07 bits per heavy atom. The molecule has 0 aliphatic heterocycles. The molecule has 2 aromatic carbocycles. The molecule has 4 nitrogen and oxygen atoms in total. The minimum Gasteiger partial charge on any atom is -0.456 e. The maximum atomic E-state index is 12.3. The third-order valence-corrected chi connectivity index (χ3v) is 4.77. The molecule has 0 bridgehead atoms. The normalized spacial score (nSPS) is 11.2. The maximum Gasteiger partial charge on any atom is 0.270 e. The molecule has 0 radical (unpaired) electrons. The van der Waals surface area contributed by atoms with E-state index >= 15 is 0 Å². The number of aromatic nitrogens is 1. The van der Waals surface area contributed by atoms with Gasteiger partial charge in [0, 0.05) is 39.7 Å². The second-order valence-electron chi connectivity index (χ2n) is 7.28. The van der Waals surface area contributed by atoms with Crippen LogP contribution in [-0.2, 0) is 6.42 Å². The zero-order valence-electron chi connectivity index (χ0n) is 16.3. The Balaban J connectivity index is 1.69. The van der Waals surface area contributed by atoms with E-state index in [-0.39, 0.29) is 11.9 Å². The number of rotatable bonds is 5. The second kappa shape index (κ2) is 8.10. The Hall–Kier alpha value is -3.11. The van der Waals surface area contributed by atoms with Gasteiger partial charge in [-0.05, 0) is 44.2 Å². The number of fused-ring (bicyclic) bond motifs is 1. The van der Waals surface area contributed by atoms with Gasteiger partial charge in [0.1, 0.15) is 17.0 Å². The van der Waals surface area contributed by atoms with Crippen LogP contribution in [0.1, 0.15) is 35.6 Å². The van der Waals surface area contributed by atoms with Crippen LogP contribution < -0.4 is 5.32 Å². The van der Waals surface area contributed by atoms with Gasteiger partial charge in [0.15, 0.2) is 0 Å². The topological polar surface area (TPSA) is 55.1 Å². The maximum absolute atomic E-state index is 12.3. The van der Waals surface area contributed by atoms with Crippen molar-refractivity contribution >= 4 is 28.5 Å². The fraction of sp³-hybridized carbons (Fsp3) is 0.167. The lowest BCUT2D eigenvalue weighted by atomic mass is 10.1. The van der Waals surface area contributed by atoms with Gasteiger partial charge in [-0.25, -0.2) is 4.98 Å². The first-order valence-electron chi connectivity index (χ1n) is 9.54. The summed E-state index contributed by atoms with van der Waals surface area (Å²) in [6.07, 6.45) is 0.515. The zero-order chi connectivity index (χ0) is 20.4. The van der Waals surface area contributed by atoms with E-state index in [9.17, 15) is 4.79 Å². The van der Waals surface area contributed by atoms with Crippen LogP contribution in [0, 0.1) is 0 Å². The quantitative estimate of drug-likeness (QED) is 0.452. The number of carbonyl (C=O) groups excluding carboxylic acids is 1. The van der Waals surface area contributed by atoms with Crippen molar-refractivity contribution < 1.29 is 9.21 Å². The summed E-state index contributed by atoms with van der Waals surface area (Å²) >= 11 is 6.36. The molecular formula is C24H21ClN2O2. The van der Waals surface area contributed by atoms with Gasteiger partial charge in [-0.15, -0.1) is 0 Å². The molecule has 0 aliphatic rings. The van der Waals surface area contributed by atoms with E-state index in [1.54, 1.807) is 6.07 Å². The van der Waals surface area contributed by atoms with E-state index < -0.39 is 0 Å². The number of nitrogens with one attached hydrogen (secondary N) is 1. The summed E-state index contributed by atoms with van der Waals surface area (Å²) in [6, 6.07) is 21.3. The minimum absolute atomic E-state index is 0.0556. The van der Waals surface area contributed by atoms with E-state index in [0.717, 1.165) is 33.6 Å². The average Bonchev–Trinajstić information content (AvgIpc) is 3.12. The summed E-state index contributed by atoms with van der Waals surface area (Å²) in [4.78, 5) is 16.8. The number of halogens is 1. The number of hydrogen-bond acceptors (Lipinski definition) is 3. The first-order chi connectivity index (χ1) is 14.0. The van der Waals surface area contributed by atoms with Gasteiger partial charge >= 0.3 is 0 Å². The van der Waals surface area contributed by atoms with E-state index in [0.29, 0.717) is 17.1 Å². The van der Waals surface area contributed by atoms with Gasteiger partial charge in [0.25, 0.3) is 5.91 Å². The number of nitrogens with zero attached hydrogens (tertiary/aromatic N) is 1. The highest BCUT2D eigenvalue weighted by atomic mass is 35.5. The number of carbonyl (C=O) groups is 1. The molecule has 5 heteroatoms. The van der Waals surface area contributed by atoms with E-state index in [1.165, 1.54) is 0 Å². The standard InChI is InChI=1S/C24H21ClN2O2/c1-15(2)26-24(28)21-10-6-9-20(27-21)13-17-11-19(25)12-18-14-22(29-23(17)18)16-7-4-3-5-8-16/h3-12,14-15H,13H2,1-2H3,(H,26,28). The average molecular weight is 405 g/mol. The van der Waals surface area contributed by atoms with Gasteiger partial charge in [-0.2, -0.15) is 0 Å². The molecule has 4 rings (SSSR count). The molecule has 2 aromatic heterocycles. The molecule has 0 saturated heterocycles. The zero-order valence-corrected chi connectivity index (χ0v) is 17.0. The molecule has 0 unspecified atom stereocenters. The number of amides is 1. The van der Waals surface area contributed by atoms with Gasteiger partial charge in [-0.1, -0.05) is 48.0 Å². The first-order valence-corrected chi connectivity index (χ1v) is 9.91. The van der Waals surface area contributed by atoms with E-state index in [4.69, 9.17) is 16.0 Å². The Labute approximate surface area is 174 Å². The third-order valence-electron chi connectivity index (χ3n) is 4.55. The molecule has 1 N–H and O–H groups in total. The van der Waals surface area contributed by atoms with Crippen molar-refractivity contribution in [1.82, 2.24) is 10.3 Å². The molecule has 0 spiro atoms. The van der Waals surface area contributed by atoms with Crippen molar-refractivity contribution in [2.75, 3.05) is 0 Å². The van der Waals surface area contributed by atoms with Crippen molar-refractivity contribution in [3.05, 3.63) is 88.7 Å². The molecule has 146 valence electrons. The Kier molecular flexibility index (Phi) is 5.36. The molecule has 0 fully saturated rings. The number of benzene rings is 2. The minimum atomic E-state index is -0.178. The van der Waals surface area contributed by atoms with Crippen LogP contribution in [0.15, 0.2) is 71.1 Å². The fourth-order valence-corrected chi connectivity index (χ4v) is 3.55. The Bertz CT molecular complexity index is 1170. The second-order valence-corrected chi connectivity index (χ2v) is 7.72. The van der Waals surface area contributed by atoms with Crippen LogP contribution in [0.2, 0.25) is 5.02 Å². The van der Waals surface area contributed by atoms with Gasteiger partial charge < -0.3 is 9.73 Å². The summed E-state index contributed by atoms with van der Waals surface area (Å²) in [6.45, 7) is 3.84. The van der Waals surface area contributed by atoms with Crippen LogP contribution in [-0.4, -0.2) is 16.9 Å². The third kappa shape index (κ3) is 4.33. The SMILES string of the molecule is CC(C)NC(=O)c1cccc(Cc2cc(Cl)cc3cc(-c4ccccc4)oc23)n1.